The lowest BCUT2D eigenvalue weighted by atomic mass is 10.3. The first-order valence-electron chi connectivity index (χ1n) is 6.44. The fourth-order valence-electron chi connectivity index (χ4n) is 2.08. The Hall–Kier alpha value is -2.52. The number of anilines is 2. The minimum Gasteiger partial charge on any atom is -0.323 e. The van der Waals surface area contributed by atoms with E-state index in [0.29, 0.717) is 17.4 Å². The van der Waals surface area contributed by atoms with Crippen LogP contribution in [0.1, 0.15) is 11.4 Å². The van der Waals surface area contributed by atoms with Crippen LogP contribution in [-0.2, 0) is 10.0 Å². The molecule has 0 aliphatic rings. The number of sulfonamides is 1. The molecule has 0 aliphatic heterocycles. The lowest BCUT2D eigenvalue weighted by Gasteiger charge is -2.02. The quantitative estimate of drug-likeness (QED) is 0.748. The Bertz CT molecular complexity index is 947. The number of primary sulfonamides is 1. The summed E-state index contributed by atoms with van der Waals surface area (Å²) < 4.78 is 24.1. The molecule has 3 rings (SSSR count). The SMILES string of the molecule is Cc1cc(C)n2nc(Nc3ccc(S(N)(=O)=O)cc3)nc2n1. The van der Waals surface area contributed by atoms with Crippen LogP contribution < -0.4 is 10.5 Å². The summed E-state index contributed by atoms with van der Waals surface area (Å²) in [5.41, 5.74) is 2.44. The fourth-order valence-corrected chi connectivity index (χ4v) is 2.59. The summed E-state index contributed by atoms with van der Waals surface area (Å²) >= 11 is 0. The molecule has 0 saturated carbocycles. The predicted octanol–water partition coefficient (Wildman–Crippen LogP) is 1.13. The molecule has 0 radical (unpaired) electrons. The topological polar surface area (TPSA) is 115 Å². The van der Waals surface area contributed by atoms with E-state index in [-0.39, 0.29) is 4.90 Å². The highest BCUT2D eigenvalue weighted by molar-refractivity contribution is 7.89. The molecular weight excluding hydrogens is 304 g/mol. The van der Waals surface area contributed by atoms with Gasteiger partial charge in [0.15, 0.2) is 0 Å². The number of fused-ring (bicyclic) bond motifs is 1. The van der Waals surface area contributed by atoms with Crippen molar-refractivity contribution in [2.24, 2.45) is 5.14 Å². The molecule has 2 heterocycles. The number of rotatable bonds is 3. The number of aromatic nitrogens is 4. The molecule has 0 saturated heterocycles. The first-order chi connectivity index (χ1) is 10.3. The highest BCUT2D eigenvalue weighted by atomic mass is 32.2. The van der Waals surface area contributed by atoms with Crippen molar-refractivity contribution < 1.29 is 8.42 Å². The van der Waals surface area contributed by atoms with Crippen LogP contribution in [0.2, 0.25) is 0 Å². The Morgan fingerprint density at radius 2 is 1.82 bits per heavy atom. The number of nitrogens with two attached hydrogens (primary N) is 1. The van der Waals surface area contributed by atoms with E-state index < -0.39 is 10.0 Å². The zero-order valence-electron chi connectivity index (χ0n) is 12.0. The molecule has 0 spiro atoms. The van der Waals surface area contributed by atoms with Gasteiger partial charge in [0.1, 0.15) is 0 Å². The molecule has 3 aromatic rings. The molecule has 9 heteroatoms. The second-order valence-corrected chi connectivity index (χ2v) is 6.44. The molecule has 1 aromatic carbocycles. The molecule has 0 unspecified atom stereocenters. The van der Waals surface area contributed by atoms with Crippen LogP contribution in [0.3, 0.4) is 0 Å². The highest BCUT2D eigenvalue weighted by Gasteiger charge is 2.09. The summed E-state index contributed by atoms with van der Waals surface area (Å²) in [7, 11) is -3.70. The molecule has 0 bridgehead atoms. The molecule has 8 nitrogen and oxygen atoms in total. The van der Waals surface area contributed by atoms with Gasteiger partial charge >= 0.3 is 0 Å². The van der Waals surface area contributed by atoms with Crippen molar-refractivity contribution in [1.29, 1.82) is 0 Å². The van der Waals surface area contributed by atoms with Crippen LogP contribution in [-0.4, -0.2) is 28.0 Å². The van der Waals surface area contributed by atoms with Crippen LogP contribution >= 0.6 is 0 Å². The largest absolute Gasteiger partial charge is 0.323 e. The van der Waals surface area contributed by atoms with Crippen molar-refractivity contribution in [3.8, 4) is 0 Å². The zero-order chi connectivity index (χ0) is 15.9. The lowest BCUT2D eigenvalue weighted by molar-refractivity contribution is 0.598. The van der Waals surface area contributed by atoms with Crippen molar-refractivity contribution in [3.63, 3.8) is 0 Å². The minimum absolute atomic E-state index is 0.0501. The molecular formula is C13H14N6O2S. The maximum Gasteiger partial charge on any atom is 0.254 e. The van der Waals surface area contributed by atoms with E-state index in [2.05, 4.69) is 20.4 Å². The van der Waals surface area contributed by atoms with E-state index in [4.69, 9.17) is 5.14 Å². The molecule has 0 fully saturated rings. The van der Waals surface area contributed by atoms with Crippen LogP contribution in [0.25, 0.3) is 5.78 Å². The van der Waals surface area contributed by atoms with E-state index in [1.807, 2.05) is 19.9 Å². The van der Waals surface area contributed by atoms with Gasteiger partial charge in [-0.05, 0) is 44.2 Å². The van der Waals surface area contributed by atoms with Gasteiger partial charge in [-0.3, -0.25) is 0 Å². The maximum atomic E-state index is 11.2. The molecule has 0 aliphatic carbocycles. The Balaban J connectivity index is 1.91. The smallest absolute Gasteiger partial charge is 0.254 e. The van der Waals surface area contributed by atoms with Crippen molar-refractivity contribution in [2.45, 2.75) is 18.7 Å². The van der Waals surface area contributed by atoms with Gasteiger partial charge in [0.2, 0.25) is 16.0 Å². The van der Waals surface area contributed by atoms with Crippen molar-refractivity contribution in [1.82, 2.24) is 19.6 Å². The second kappa shape index (κ2) is 5.04. The Labute approximate surface area is 127 Å². The third-order valence-electron chi connectivity index (χ3n) is 3.06. The lowest BCUT2D eigenvalue weighted by Crippen LogP contribution is -2.11. The van der Waals surface area contributed by atoms with Gasteiger partial charge in [0.25, 0.3) is 5.78 Å². The normalized spacial score (nSPS) is 11.8. The fraction of sp³-hybridized carbons (Fsp3) is 0.154. The summed E-state index contributed by atoms with van der Waals surface area (Å²) in [6, 6.07) is 7.93. The zero-order valence-corrected chi connectivity index (χ0v) is 12.8. The third kappa shape index (κ3) is 2.76. The summed E-state index contributed by atoms with van der Waals surface area (Å²) in [5.74, 6) is 0.880. The van der Waals surface area contributed by atoms with Crippen LogP contribution in [0.4, 0.5) is 11.6 Å². The number of benzene rings is 1. The van der Waals surface area contributed by atoms with E-state index in [1.54, 1.807) is 16.6 Å². The number of aryl methyl sites for hydroxylation is 2. The summed E-state index contributed by atoms with van der Waals surface area (Å²) in [4.78, 5) is 8.64. The highest BCUT2D eigenvalue weighted by Crippen LogP contribution is 2.17. The monoisotopic (exact) mass is 318 g/mol. The number of nitrogens with one attached hydrogen (secondary N) is 1. The molecule has 0 atom stereocenters. The average Bonchev–Trinajstić information content (AvgIpc) is 2.81. The van der Waals surface area contributed by atoms with Gasteiger partial charge in [-0.1, -0.05) is 0 Å². The van der Waals surface area contributed by atoms with Gasteiger partial charge in [0, 0.05) is 17.1 Å². The summed E-state index contributed by atoms with van der Waals surface area (Å²) in [6.07, 6.45) is 0. The average molecular weight is 318 g/mol. The second-order valence-electron chi connectivity index (χ2n) is 4.88. The van der Waals surface area contributed by atoms with Crippen molar-refractivity contribution in [2.75, 3.05) is 5.32 Å². The molecule has 2 aromatic heterocycles. The first kappa shape index (κ1) is 14.4. The number of nitrogens with zero attached hydrogens (tertiary/aromatic N) is 4. The Morgan fingerprint density at radius 1 is 1.14 bits per heavy atom. The van der Waals surface area contributed by atoms with Crippen LogP contribution in [0, 0.1) is 13.8 Å². The van der Waals surface area contributed by atoms with Crippen molar-refractivity contribution in [3.05, 3.63) is 41.7 Å². The van der Waals surface area contributed by atoms with E-state index in [1.165, 1.54) is 12.1 Å². The van der Waals surface area contributed by atoms with E-state index in [0.717, 1.165) is 11.4 Å². The first-order valence-corrected chi connectivity index (χ1v) is 7.98. The van der Waals surface area contributed by atoms with Gasteiger partial charge < -0.3 is 5.32 Å². The minimum atomic E-state index is -3.70. The standard InChI is InChI=1S/C13H14N6O2S/c1-8-7-9(2)19-13(15-8)17-12(18-19)16-10-3-5-11(6-4-10)22(14,20)21/h3-7H,1-2H3,(H,16,18)(H2,14,20,21). The molecule has 0 amide bonds. The number of hydrogen-bond acceptors (Lipinski definition) is 6. The summed E-state index contributed by atoms with van der Waals surface area (Å²) in [5, 5.41) is 12.4. The number of hydrogen-bond donors (Lipinski definition) is 2. The predicted molar refractivity (Wildman–Crippen MR) is 81.4 cm³/mol. The van der Waals surface area contributed by atoms with Gasteiger partial charge in [-0.15, -0.1) is 5.10 Å². The van der Waals surface area contributed by atoms with Crippen LogP contribution in [0.5, 0.6) is 0 Å². The van der Waals surface area contributed by atoms with Gasteiger partial charge in [-0.2, -0.15) is 9.50 Å². The maximum absolute atomic E-state index is 11.2. The van der Waals surface area contributed by atoms with Crippen molar-refractivity contribution >= 4 is 27.4 Å². The van der Waals surface area contributed by atoms with Gasteiger partial charge in [-0.25, -0.2) is 18.5 Å². The van der Waals surface area contributed by atoms with E-state index in [9.17, 15) is 8.42 Å². The van der Waals surface area contributed by atoms with Crippen LogP contribution in [0.15, 0.2) is 35.2 Å². The molecule has 3 N–H and O–H groups in total. The Kier molecular flexibility index (Phi) is 3.30. The summed E-state index contributed by atoms with van der Waals surface area (Å²) in [6.45, 7) is 3.81. The third-order valence-corrected chi connectivity index (χ3v) is 3.99. The molecule has 114 valence electrons. The van der Waals surface area contributed by atoms with Gasteiger partial charge in [0.05, 0.1) is 4.90 Å². The molecule has 22 heavy (non-hydrogen) atoms. The van der Waals surface area contributed by atoms with E-state index >= 15 is 0 Å². The Morgan fingerprint density at radius 3 is 2.45 bits per heavy atom.